The smallest absolute Gasteiger partial charge is 0.390 e. The summed E-state index contributed by atoms with van der Waals surface area (Å²) in [6.45, 7) is 10.8. The van der Waals surface area contributed by atoms with Crippen LogP contribution in [-0.4, -0.2) is 24.9 Å². The van der Waals surface area contributed by atoms with E-state index in [0.717, 1.165) is 12.1 Å². The van der Waals surface area contributed by atoms with Crippen molar-refractivity contribution in [3.63, 3.8) is 0 Å². The van der Waals surface area contributed by atoms with Crippen molar-refractivity contribution in [2.24, 2.45) is 0 Å². The van der Waals surface area contributed by atoms with Crippen molar-refractivity contribution in [3.05, 3.63) is 57.0 Å². The lowest BCUT2D eigenvalue weighted by atomic mass is 10.0. The average molecular weight is 444 g/mol. The minimum atomic E-state index is -4.66. The summed E-state index contributed by atoms with van der Waals surface area (Å²) in [4.78, 5) is 18.8. The Bertz CT molecular complexity index is 1060. The molecule has 0 saturated carbocycles. The fourth-order valence-electron chi connectivity index (χ4n) is 2.78. The number of hydrogen-bond donors (Lipinski definition) is 2. The molecular weight excluding hydrogens is 416 g/mol. The molecule has 31 heavy (non-hydrogen) atoms. The zero-order chi connectivity index (χ0) is 23.9. The third-order valence-electron chi connectivity index (χ3n) is 4.05. The molecule has 0 saturated heterocycles. The van der Waals surface area contributed by atoms with Gasteiger partial charge < -0.3 is 10.1 Å². The van der Waals surface area contributed by atoms with E-state index in [1.54, 1.807) is 6.92 Å². The quantitative estimate of drug-likeness (QED) is 0.549. The molecule has 172 valence electrons. The van der Waals surface area contributed by atoms with Gasteiger partial charge in [0.2, 0.25) is 0 Å². The van der Waals surface area contributed by atoms with Crippen LogP contribution in [0.25, 0.3) is 11.0 Å². The SMILES string of the molecule is CC.CCC.Cc1nc2c(c(CO)nn2C(C)c2ccc(C(F)(F)F)cc2F)c(=O)[nH]1. The summed E-state index contributed by atoms with van der Waals surface area (Å²) in [5.41, 5.74) is -1.50. The highest BCUT2D eigenvalue weighted by Crippen LogP contribution is 2.32. The van der Waals surface area contributed by atoms with Crippen molar-refractivity contribution >= 4 is 11.0 Å². The summed E-state index contributed by atoms with van der Waals surface area (Å²) < 4.78 is 53.6. The van der Waals surface area contributed by atoms with Crippen molar-refractivity contribution in [2.45, 2.75) is 66.8 Å². The lowest BCUT2D eigenvalue weighted by Crippen LogP contribution is -2.15. The Morgan fingerprint density at radius 1 is 1.23 bits per heavy atom. The van der Waals surface area contributed by atoms with Crippen LogP contribution < -0.4 is 5.56 Å². The number of nitrogens with zero attached hydrogens (tertiary/aromatic N) is 3. The van der Waals surface area contributed by atoms with Gasteiger partial charge in [-0.2, -0.15) is 18.3 Å². The molecular formula is C21H28F4N4O2. The second-order valence-corrected chi connectivity index (χ2v) is 6.52. The summed E-state index contributed by atoms with van der Waals surface area (Å²) in [6, 6.07) is 1.36. The van der Waals surface area contributed by atoms with Crippen molar-refractivity contribution in [1.29, 1.82) is 0 Å². The molecule has 2 N–H and O–H groups in total. The highest BCUT2D eigenvalue weighted by molar-refractivity contribution is 5.77. The van der Waals surface area contributed by atoms with Gasteiger partial charge in [0.1, 0.15) is 22.7 Å². The normalized spacial score (nSPS) is 12.0. The summed E-state index contributed by atoms with van der Waals surface area (Å²) in [7, 11) is 0. The number of H-pyrrole nitrogens is 1. The van der Waals surface area contributed by atoms with Gasteiger partial charge in [-0.05, 0) is 26.0 Å². The number of aromatic nitrogens is 4. The van der Waals surface area contributed by atoms with Crippen LogP contribution in [0.4, 0.5) is 17.6 Å². The first-order valence-electron chi connectivity index (χ1n) is 10.0. The Kier molecular flexibility index (Phi) is 9.36. The monoisotopic (exact) mass is 444 g/mol. The molecule has 1 atom stereocenters. The Morgan fingerprint density at radius 3 is 2.29 bits per heavy atom. The number of aliphatic hydroxyl groups excluding tert-OH is 1. The zero-order valence-electron chi connectivity index (χ0n) is 18.4. The van der Waals surface area contributed by atoms with E-state index in [4.69, 9.17) is 0 Å². The Morgan fingerprint density at radius 2 is 1.81 bits per heavy atom. The lowest BCUT2D eigenvalue weighted by Gasteiger charge is -2.16. The molecule has 1 aromatic carbocycles. The second kappa shape index (κ2) is 11.0. The van der Waals surface area contributed by atoms with Gasteiger partial charge in [-0.15, -0.1) is 0 Å². The number of alkyl halides is 3. The van der Waals surface area contributed by atoms with Gasteiger partial charge in [0.15, 0.2) is 5.65 Å². The van der Waals surface area contributed by atoms with Gasteiger partial charge in [0.05, 0.1) is 18.2 Å². The molecule has 0 radical (unpaired) electrons. The third-order valence-corrected chi connectivity index (χ3v) is 4.05. The van der Waals surface area contributed by atoms with Crippen LogP contribution in [0.3, 0.4) is 0 Å². The fourth-order valence-corrected chi connectivity index (χ4v) is 2.78. The van der Waals surface area contributed by atoms with Crippen molar-refractivity contribution < 1.29 is 22.7 Å². The van der Waals surface area contributed by atoms with Crippen LogP contribution >= 0.6 is 0 Å². The Labute approximate surface area is 177 Å². The lowest BCUT2D eigenvalue weighted by molar-refractivity contribution is -0.137. The number of aliphatic hydroxyl groups is 1. The highest BCUT2D eigenvalue weighted by Gasteiger charge is 2.32. The standard InChI is InChI=1S/C16H14F4N4O2.C3H8.C2H6/c1-7(10-4-3-9(5-11(10)17)16(18,19)20)24-14-13(12(6-25)23-24)15(26)22-8(2)21-14;1-3-2;1-2/h3-5,7,25H,6H2,1-2H3,(H,21,22,26);3H2,1-2H3;1-2H3. The molecule has 0 spiro atoms. The van der Waals surface area contributed by atoms with Gasteiger partial charge >= 0.3 is 6.18 Å². The van der Waals surface area contributed by atoms with Crippen molar-refractivity contribution in [3.8, 4) is 0 Å². The second-order valence-electron chi connectivity index (χ2n) is 6.52. The Hall–Kier alpha value is -2.75. The molecule has 0 aliphatic carbocycles. The average Bonchev–Trinajstić information content (AvgIpc) is 3.07. The van der Waals surface area contributed by atoms with Crippen molar-refractivity contribution in [2.75, 3.05) is 0 Å². The van der Waals surface area contributed by atoms with Crippen molar-refractivity contribution in [1.82, 2.24) is 19.7 Å². The molecule has 3 rings (SSSR count). The molecule has 0 aliphatic heterocycles. The summed E-state index contributed by atoms with van der Waals surface area (Å²) in [6.07, 6.45) is -3.41. The topological polar surface area (TPSA) is 83.8 Å². The van der Waals surface area contributed by atoms with Gasteiger partial charge in [-0.1, -0.05) is 40.2 Å². The van der Waals surface area contributed by atoms with Crippen LogP contribution in [-0.2, 0) is 12.8 Å². The molecule has 2 aromatic heterocycles. The van der Waals surface area contributed by atoms with Crippen LogP contribution in [0.15, 0.2) is 23.0 Å². The summed E-state index contributed by atoms with van der Waals surface area (Å²) in [5.74, 6) is -0.767. The van der Waals surface area contributed by atoms with E-state index in [1.165, 1.54) is 18.0 Å². The van der Waals surface area contributed by atoms with E-state index < -0.39 is 35.8 Å². The number of hydrogen-bond acceptors (Lipinski definition) is 4. The predicted molar refractivity (Wildman–Crippen MR) is 111 cm³/mol. The molecule has 1 unspecified atom stereocenters. The minimum absolute atomic E-state index is 0.0490. The van der Waals surface area contributed by atoms with Crippen LogP contribution in [0, 0.1) is 12.7 Å². The number of aryl methyl sites for hydroxylation is 1. The predicted octanol–water partition coefficient (Wildman–Crippen LogP) is 5.13. The molecule has 10 heteroatoms. The fraction of sp³-hybridized carbons (Fsp3) is 0.476. The number of nitrogens with one attached hydrogen (secondary N) is 1. The molecule has 0 bridgehead atoms. The molecule has 0 amide bonds. The van der Waals surface area contributed by atoms with E-state index in [2.05, 4.69) is 28.9 Å². The van der Waals surface area contributed by atoms with E-state index in [1.807, 2.05) is 13.8 Å². The summed E-state index contributed by atoms with van der Waals surface area (Å²) >= 11 is 0. The zero-order valence-corrected chi connectivity index (χ0v) is 18.4. The number of rotatable bonds is 3. The van der Waals surface area contributed by atoms with Gasteiger partial charge in [0.25, 0.3) is 5.56 Å². The number of fused-ring (bicyclic) bond motifs is 1. The minimum Gasteiger partial charge on any atom is -0.390 e. The maximum Gasteiger partial charge on any atom is 0.416 e. The van der Waals surface area contributed by atoms with Gasteiger partial charge in [0, 0.05) is 5.56 Å². The highest BCUT2D eigenvalue weighted by atomic mass is 19.4. The van der Waals surface area contributed by atoms with Crippen LogP contribution in [0.5, 0.6) is 0 Å². The van der Waals surface area contributed by atoms with E-state index in [0.29, 0.717) is 6.07 Å². The molecule has 3 aromatic rings. The molecule has 0 aliphatic rings. The Balaban J connectivity index is 0.000000884. The van der Waals surface area contributed by atoms with Crippen LogP contribution in [0.1, 0.15) is 69.7 Å². The van der Waals surface area contributed by atoms with Crippen LogP contribution in [0.2, 0.25) is 0 Å². The maximum atomic E-state index is 14.3. The molecule has 2 heterocycles. The first kappa shape index (κ1) is 26.3. The van der Waals surface area contributed by atoms with E-state index in [9.17, 15) is 27.5 Å². The third kappa shape index (κ3) is 5.90. The largest absolute Gasteiger partial charge is 0.416 e. The summed E-state index contributed by atoms with van der Waals surface area (Å²) in [5, 5.41) is 13.6. The van der Waals surface area contributed by atoms with Gasteiger partial charge in [-0.3, -0.25) is 4.79 Å². The number of halogens is 4. The molecule has 0 fully saturated rings. The first-order chi connectivity index (χ1) is 14.5. The number of aromatic amines is 1. The molecule has 6 nitrogen and oxygen atoms in total. The number of benzene rings is 1. The van der Waals surface area contributed by atoms with Gasteiger partial charge in [-0.25, -0.2) is 14.1 Å². The maximum absolute atomic E-state index is 14.3. The van der Waals surface area contributed by atoms with E-state index >= 15 is 0 Å². The first-order valence-corrected chi connectivity index (χ1v) is 10.0. The van der Waals surface area contributed by atoms with E-state index in [-0.39, 0.29) is 28.1 Å².